The van der Waals surface area contributed by atoms with Crippen LogP contribution in [0.4, 0.5) is 24.5 Å². The number of aliphatic hydroxyl groups is 1. The van der Waals surface area contributed by atoms with Crippen LogP contribution >= 0.6 is 0 Å². The third-order valence-electron chi connectivity index (χ3n) is 7.82. The van der Waals surface area contributed by atoms with Crippen molar-refractivity contribution in [2.24, 2.45) is 0 Å². The van der Waals surface area contributed by atoms with Gasteiger partial charge in [-0.05, 0) is 84.8 Å². The summed E-state index contributed by atoms with van der Waals surface area (Å²) >= 11 is 0. The molecule has 1 saturated heterocycles. The van der Waals surface area contributed by atoms with Gasteiger partial charge in [0.05, 0.1) is 16.7 Å². The minimum atomic E-state index is -4.44. The number of piperidine rings is 1. The van der Waals surface area contributed by atoms with Crippen molar-refractivity contribution in [3.8, 4) is 0 Å². The Morgan fingerprint density at radius 1 is 0.975 bits per heavy atom. The fraction of sp³-hybridized carbons (Fsp3) is 0.312. The average molecular weight is 548 g/mol. The van der Waals surface area contributed by atoms with E-state index >= 15 is 0 Å². The van der Waals surface area contributed by atoms with Crippen LogP contribution in [0.3, 0.4) is 0 Å². The Morgan fingerprint density at radius 2 is 1.70 bits per heavy atom. The predicted molar refractivity (Wildman–Crippen MR) is 151 cm³/mol. The molecule has 2 N–H and O–H groups in total. The zero-order valence-electron chi connectivity index (χ0n) is 22.6. The number of nitrogens with one attached hydrogen (secondary N) is 1. The van der Waals surface area contributed by atoms with Crippen LogP contribution in [-0.4, -0.2) is 34.0 Å². The van der Waals surface area contributed by atoms with Gasteiger partial charge >= 0.3 is 6.18 Å². The summed E-state index contributed by atoms with van der Waals surface area (Å²) in [5, 5.41) is 15.3. The number of anilines is 2. The van der Waals surface area contributed by atoms with Gasteiger partial charge < -0.3 is 15.3 Å². The molecule has 0 aliphatic carbocycles. The molecule has 0 spiro atoms. The molecule has 5 nitrogen and oxygen atoms in total. The first-order valence-electron chi connectivity index (χ1n) is 13.6. The number of rotatable bonds is 6. The Balaban J connectivity index is 1.26. The van der Waals surface area contributed by atoms with E-state index in [4.69, 9.17) is 0 Å². The van der Waals surface area contributed by atoms with Crippen molar-refractivity contribution in [3.63, 3.8) is 0 Å². The topological polar surface area (TPSA) is 65.5 Å². The number of amides is 1. The first-order chi connectivity index (χ1) is 19.1. The van der Waals surface area contributed by atoms with Gasteiger partial charge in [-0.15, -0.1) is 0 Å². The third kappa shape index (κ3) is 5.54. The highest BCUT2D eigenvalue weighted by molar-refractivity contribution is 5.96. The van der Waals surface area contributed by atoms with Crippen LogP contribution in [0.5, 0.6) is 0 Å². The van der Waals surface area contributed by atoms with E-state index in [2.05, 4.69) is 36.3 Å². The van der Waals surface area contributed by atoms with Crippen LogP contribution < -0.4 is 5.32 Å². The zero-order valence-corrected chi connectivity index (χ0v) is 22.6. The number of carbonyl (C=O) groups is 1. The van der Waals surface area contributed by atoms with Gasteiger partial charge in [0.2, 0.25) is 0 Å². The predicted octanol–water partition coefficient (Wildman–Crippen LogP) is 7.25. The number of aryl methyl sites for hydroxylation is 2. The summed E-state index contributed by atoms with van der Waals surface area (Å²) in [4.78, 5) is 19.1. The maximum absolute atomic E-state index is 13.2. The molecule has 1 aliphatic rings. The van der Waals surface area contributed by atoms with Gasteiger partial charge in [-0.3, -0.25) is 9.78 Å². The number of halogens is 3. The Bertz CT molecular complexity index is 1530. The van der Waals surface area contributed by atoms with E-state index in [1.807, 2.05) is 6.07 Å². The first kappa shape index (κ1) is 27.6. The molecular weight excluding hydrogens is 515 g/mol. The highest BCUT2D eigenvalue weighted by atomic mass is 19.4. The van der Waals surface area contributed by atoms with Crippen LogP contribution in [-0.2, 0) is 24.6 Å². The number of pyridine rings is 1. The Kier molecular flexibility index (Phi) is 7.55. The number of carbonyl (C=O) groups excluding carboxylic acids is 1. The molecular formula is C32H32F3N3O2. The van der Waals surface area contributed by atoms with Crippen molar-refractivity contribution in [2.75, 3.05) is 18.4 Å². The fourth-order valence-corrected chi connectivity index (χ4v) is 5.43. The molecule has 0 unspecified atom stereocenters. The lowest BCUT2D eigenvalue weighted by atomic mass is 9.80. The summed E-state index contributed by atoms with van der Waals surface area (Å²) in [5.74, 6) is -0.0975. The molecule has 40 heavy (non-hydrogen) atoms. The lowest BCUT2D eigenvalue weighted by Gasteiger charge is -2.39. The van der Waals surface area contributed by atoms with E-state index in [0.717, 1.165) is 36.1 Å². The molecule has 4 aromatic rings. The van der Waals surface area contributed by atoms with E-state index in [1.165, 1.54) is 17.8 Å². The van der Waals surface area contributed by atoms with Gasteiger partial charge in [0.15, 0.2) is 0 Å². The maximum Gasteiger partial charge on any atom is 0.416 e. The molecule has 5 rings (SSSR count). The smallest absolute Gasteiger partial charge is 0.385 e. The second kappa shape index (κ2) is 10.9. The van der Waals surface area contributed by atoms with Crippen LogP contribution in [0, 0.1) is 0 Å². The van der Waals surface area contributed by atoms with Gasteiger partial charge in [-0.2, -0.15) is 13.2 Å². The Labute approximate surface area is 231 Å². The number of nitrogens with zero attached hydrogens (tertiary/aromatic N) is 2. The molecule has 0 atom stereocenters. The molecule has 1 fully saturated rings. The van der Waals surface area contributed by atoms with E-state index in [-0.39, 0.29) is 11.4 Å². The van der Waals surface area contributed by atoms with Gasteiger partial charge in [-0.1, -0.05) is 38.1 Å². The summed E-state index contributed by atoms with van der Waals surface area (Å²) in [6.07, 6.45) is -0.234. The van der Waals surface area contributed by atoms with E-state index < -0.39 is 17.3 Å². The van der Waals surface area contributed by atoms with Crippen molar-refractivity contribution in [1.82, 2.24) is 9.88 Å². The number of fused-ring (bicyclic) bond motifs is 1. The molecule has 0 bridgehead atoms. The molecule has 208 valence electrons. The Morgan fingerprint density at radius 3 is 2.35 bits per heavy atom. The number of aromatic nitrogens is 1. The number of likely N-dealkylation sites (tertiary alicyclic amines) is 1. The average Bonchev–Trinajstić information content (AvgIpc) is 2.96. The molecule has 3 aromatic carbocycles. The monoisotopic (exact) mass is 547 g/mol. The Hall–Kier alpha value is -3.91. The minimum absolute atomic E-state index is 0.0975. The molecule has 2 heterocycles. The molecule has 0 saturated carbocycles. The summed E-state index contributed by atoms with van der Waals surface area (Å²) in [5.41, 5.74) is 3.77. The number of hydrogen-bond donors (Lipinski definition) is 2. The van der Waals surface area contributed by atoms with Crippen molar-refractivity contribution in [1.29, 1.82) is 0 Å². The van der Waals surface area contributed by atoms with Gasteiger partial charge in [-0.25, -0.2) is 0 Å². The largest absolute Gasteiger partial charge is 0.416 e. The zero-order chi connectivity index (χ0) is 28.5. The molecule has 8 heteroatoms. The van der Waals surface area contributed by atoms with Crippen LogP contribution in [0.2, 0.25) is 0 Å². The minimum Gasteiger partial charge on any atom is -0.385 e. The van der Waals surface area contributed by atoms with Crippen LogP contribution in [0.25, 0.3) is 10.9 Å². The highest BCUT2D eigenvalue weighted by Gasteiger charge is 2.37. The van der Waals surface area contributed by atoms with E-state index in [1.54, 1.807) is 35.2 Å². The first-order valence-corrected chi connectivity index (χ1v) is 13.6. The second-order valence-electron chi connectivity index (χ2n) is 10.3. The van der Waals surface area contributed by atoms with Crippen LogP contribution in [0.1, 0.15) is 59.3 Å². The SMILES string of the molecule is CCc1ccc(C2(O)CCN(C(=O)c3ccc(Nc4ccnc5cc(C(F)(F)F)ccc45)cc3)CC2)c(CC)c1. The molecule has 0 radical (unpaired) electrons. The van der Waals surface area contributed by atoms with Crippen molar-refractivity contribution >= 4 is 28.2 Å². The summed E-state index contributed by atoms with van der Waals surface area (Å²) in [7, 11) is 0. The van der Waals surface area contributed by atoms with Gasteiger partial charge in [0.1, 0.15) is 0 Å². The summed E-state index contributed by atoms with van der Waals surface area (Å²) < 4.78 is 39.3. The van der Waals surface area contributed by atoms with Crippen LogP contribution in [0.15, 0.2) is 72.9 Å². The summed E-state index contributed by atoms with van der Waals surface area (Å²) in [6, 6.07) is 18.5. The third-order valence-corrected chi connectivity index (χ3v) is 7.82. The number of hydrogen-bond acceptors (Lipinski definition) is 4. The van der Waals surface area contributed by atoms with E-state index in [9.17, 15) is 23.1 Å². The van der Waals surface area contributed by atoms with E-state index in [0.29, 0.717) is 48.3 Å². The standard InChI is InChI=1S/C32H32F3N3O2/c1-3-21-5-12-27(22(4-2)19-21)31(40)14-17-38(18-15-31)30(39)23-6-9-25(10-7-23)37-28-13-16-36-29-20-24(32(33,34)35)8-11-26(28)29/h5-13,16,19-20,40H,3-4,14-15,17-18H2,1-2H3,(H,36,37). The number of benzene rings is 3. The van der Waals surface area contributed by atoms with Gasteiger partial charge in [0.25, 0.3) is 5.91 Å². The maximum atomic E-state index is 13.2. The van der Waals surface area contributed by atoms with Crippen molar-refractivity contribution in [2.45, 2.75) is 51.3 Å². The second-order valence-corrected chi connectivity index (χ2v) is 10.3. The van der Waals surface area contributed by atoms with Crippen molar-refractivity contribution < 1.29 is 23.1 Å². The number of alkyl halides is 3. The molecule has 1 aliphatic heterocycles. The normalized spacial score (nSPS) is 15.3. The molecule has 1 aromatic heterocycles. The lowest BCUT2D eigenvalue weighted by Crippen LogP contribution is -2.45. The quantitative estimate of drug-likeness (QED) is 0.267. The molecule has 1 amide bonds. The summed E-state index contributed by atoms with van der Waals surface area (Å²) in [6.45, 7) is 5.13. The highest BCUT2D eigenvalue weighted by Crippen LogP contribution is 2.37. The fourth-order valence-electron chi connectivity index (χ4n) is 5.43. The van der Waals surface area contributed by atoms with Crippen molar-refractivity contribution in [3.05, 3.63) is 101 Å². The van der Waals surface area contributed by atoms with Gasteiger partial charge in [0, 0.05) is 41.6 Å². The lowest BCUT2D eigenvalue weighted by molar-refractivity contribution is -0.137.